The highest BCUT2D eigenvalue weighted by atomic mass is 16.6. The van der Waals surface area contributed by atoms with Crippen LogP contribution in [0.1, 0.15) is 118 Å². The van der Waals surface area contributed by atoms with Crippen molar-refractivity contribution in [1.29, 1.82) is 0 Å². The number of carbonyl (C=O) groups excluding carboxylic acids is 2. The Balaban J connectivity index is 0.955. The van der Waals surface area contributed by atoms with E-state index in [0.29, 0.717) is 55.1 Å². The van der Waals surface area contributed by atoms with Gasteiger partial charge in [-0.2, -0.15) is 0 Å². The monoisotopic (exact) mass is 803 g/mol. The van der Waals surface area contributed by atoms with E-state index >= 15 is 0 Å². The Labute approximate surface area is 350 Å². The number of nitrogens with zero attached hydrogens (tertiary/aromatic N) is 4. The zero-order valence-electron chi connectivity index (χ0n) is 36.4. The summed E-state index contributed by atoms with van der Waals surface area (Å²) in [4.78, 5) is 24.4. The van der Waals surface area contributed by atoms with Gasteiger partial charge in [0.2, 0.25) is 0 Å². The molecular weight excluding hydrogens is 739 g/mol. The molecule has 0 saturated heterocycles. The van der Waals surface area contributed by atoms with Gasteiger partial charge in [-0.25, -0.2) is 9.48 Å². The van der Waals surface area contributed by atoms with Gasteiger partial charge in [-0.05, 0) is 150 Å². The van der Waals surface area contributed by atoms with Crippen molar-refractivity contribution in [2.45, 2.75) is 136 Å². The molecule has 0 aliphatic heterocycles. The van der Waals surface area contributed by atoms with Crippen LogP contribution in [0.5, 0.6) is 0 Å². The maximum absolute atomic E-state index is 12.5. The van der Waals surface area contributed by atoms with Crippen LogP contribution in [0.15, 0.2) is 42.6 Å². The predicted octanol–water partition coefficient (Wildman–Crippen LogP) is 9.54. The lowest BCUT2D eigenvalue weighted by Crippen LogP contribution is -2.56. The number of nitrogens with one attached hydrogen (secondary N) is 1. The minimum atomic E-state index is -0.828. The van der Waals surface area contributed by atoms with Crippen LogP contribution < -0.4 is 5.32 Å². The van der Waals surface area contributed by atoms with E-state index in [4.69, 9.17) is 15.9 Å². The molecule has 0 radical (unpaired) electrons. The van der Waals surface area contributed by atoms with E-state index in [0.717, 1.165) is 76.1 Å². The molecule has 0 spiro atoms. The lowest BCUT2D eigenvalue weighted by Gasteiger charge is -2.62. The first-order valence-electron chi connectivity index (χ1n) is 22.2. The van der Waals surface area contributed by atoms with E-state index in [2.05, 4.69) is 71.2 Å². The Kier molecular flexibility index (Phi) is 10.9. The van der Waals surface area contributed by atoms with E-state index in [9.17, 15) is 14.7 Å². The molecule has 4 saturated carbocycles. The molecular formula is C49H65N5O5. The van der Waals surface area contributed by atoms with Crippen molar-refractivity contribution in [2.75, 3.05) is 13.7 Å². The van der Waals surface area contributed by atoms with Gasteiger partial charge in [0, 0.05) is 46.9 Å². The maximum atomic E-state index is 12.5. The van der Waals surface area contributed by atoms with E-state index in [-0.39, 0.29) is 11.4 Å². The van der Waals surface area contributed by atoms with Crippen molar-refractivity contribution in [2.24, 2.45) is 46.3 Å². The molecule has 9 atom stereocenters. The number of alkyl carbamates (subject to hydrolysis) is 1. The minimum Gasteiger partial charge on any atom is -0.469 e. The molecule has 10 heteroatoms. The van der Waals surface area contributed by atoms with E-state index in [1.165, 1.54) is 45.6 Å². The zero-order chi connectivity index (χ0) is 41.9. The highest BCUT2D eigenvalue weighted by Gasteiger charge is 2.61. The van der Waals surface area contributed by atoms with Gasteiger partial charge in [0.15, 0.2) is 0 Å². The summed E-state index contributed by atoms with van der Waals surface area (Å²) >= 11 is 0. The molecule has 8 rings (SSSR count). The van der Waals surface area contributed by atoms with E-state index < -0.39 is 17.3 Å². The van der Waals surface area contributed by atoms with Gasteiger partial charge in [-0.1, -0.05) is 50.1 Å². The van der Waals surface area contributed by atoms with Gasteiger partial charge in [0.05, 0.1) is 31.0 Å². The minimum absolute atomic E-state index is 0.0881. The molecule has 10 nitrogen and oxygen atoms in total. The summed E-state index contributed by atoms with van der Waals surface area (Å²) < 4.78 is 14.5. The fraction of sp³-hybridized carbons (Fsp3) is 0.633. The fourth-order valence-corrected chi connectivity index (χ4v) is 13.1. The summed E-state index contributed by atoms with van der Waals surface area (Å²) in [6, 6.07) is 12.4. The van der Waals surface area contributed by atoms with Crippen molar-refractivity contribution in [3.05, 3.63) is 48.2 Å². The van der Waals surface area contributed by atoms with Crippen LogP contribution in [0.4, 0.5) is 4.79 Å². The largest absolute Gasteiger partial charge is 0.469 e. The lowest BCUT2D eigenvalue weighted by molar-refractivity contribution is -0.156. The third kappa shape index (κ3) is 7.77. The number of carbonyl (C=O) groups is 2. The Morgan fingerprint density at radius 2 is 1.75 bits per heavy atom. The van der Waals surface area contributed by atoms with Crippen LogP contribution in [-0.2, 0) is 27.4 Å². The van der Waals surface area contributed by atoms with Crippen molar-refractivity contribution < 1.29 is 24.2 Å². The summed E-state index contributed by atoms with van der Waals surface area (Å²) in [6.07, 6.45) is 19.0. The number of hydrogen-bond acceptors (Lipinski definition) is 7. The highest BCUT2D eigenvalue weighted by Crippen LogP contribution is 2.69. The Bertz CT molecular complexity index is 2260. The summed E-state index contributed by atoms with van der Waals surface area (Å²) in [7, 11) is 1.49. The lowest BCUT2D eigenvalue weighted by atomic mass is 9.43. The number of aliphatic hydroxyl groups is 1. The fourth-order valence-electron chi connectivity index (χ4n) is 13.1. The third-order valence-corrected chi connectivity index (χ3v) is 15.9. The number of hydrogen-bond donors (Lipinski definition) is 2. The first-order chi connectivity index (χ1) is 28.0. The average Bonchev–Trinajstić information content (AvgIpc) is 3.89. The highest BCUT2D eigenvalue weighted by molar-refractivity contribution is 6.09. The molecule has 2 heterocycles. The molecule has 1 amide bonds. The Hall–Kier alpha value is -4.36. The van der Waals surface area contributed by atoms with Crippen LogP contribution in [0.3, 0.4) is 0 Å². The first kappa shape index (κ1) is 41.4. The van der Waals surface area contributed by atoms with Gasteiger partial charge in [-0.15, -0.1) is 11.5 Å². The van der Waals surface area contributed by atoms with Crippen LogP contribution in [0.25, 0.3) is 33.1 Å². The van der Waals surface area contributed by atoms with Gasteiger partial charge in [0.1, 0.15) is 11.3 Å². The van der Waals surface area contributed by atoms with Crippen LogP contribution >= 0.6 is 0 Å². The predicted molar refractivity (Wildman–Crippen MR) is 231 cm³/mol. The Morgan fingerprint density at radius 1 is 1.00 bits per heavy atom. The average molecular weight is 804 g/mol. The van der Waals surface area contributed by atoms with Gasteiger partial charge >= 0.3 is 12.1 Å². The number of esters is 1. The van der Waals surface area contributed by atoms with Gasteiger partial charge in [0.25, 0.3) is 0 Å². The summed E-state index contributed by atoms with van der Waals surface area (Å²) in [6.45, 7) is 14.4. The molecule has 4 fully saturated rings. The van der Waals surface area contributed by atoms with Crippen molar-refractivity contribution in [3.63, 3.8) is 0 Å². The number of aromatic nitrogens is 4. The summed E-state index contributed by atoms with van der Waals surface area (Å²) in [5.41, 5.74) is 3.68. The molecule has 2 aromatic heterocycles. The number of amides is 1. The number of benzene rings is 2. The number of fused-ring (bicyclic) bond motifs is 8. The normalized spacial score (nSPS) is 30.9. The number of ether oxygens (including phenoxy) is 2. The standard InChI is InChI=1S/C49H65N5O5/c1-9-32-11-14-35-36-15-12-33(27-43(36)54(42(35)26-32)25-24-50-45(56)59-46(3,4)5)41-29-53(52-51-41)30-49(57)23-22-47(6)34(28-49)13-16-37-39-18-17-38(31(2)10-19-44(55)58-8)48(39,7)21-20-40(37)47/h1,11-12,14-15,26-27,29,31,34,37-40,57H,10,13,16-25,28,30H2,2-8H3,(H,50,56)/t31-,34-,37+,38?,39+,40?,47?,48?,49+/m1/s1. The smallest absolute Gasteiger partial charge is 0.407 e. The van der Waals surface area contributed by atoms with Crippen molar-refractivity contribution >= 4 is 33.9 Å². The van der Waals surface area contributed by atoms with Crippen LogP contribution in [-0.4, -0.2) is 61.6 Å². The zero-order valence-corrected chi connectivity index (χ0v) is 36.4. The second-order valence-electron chi connectivity index (χ2n) is 20.4. The molecule has 4 aliphatic carbocycles. The second-order valence-corrected chi connectivity index (χ2v) is 20.4. The molecule has 59 heavy (non-hydrogen) atoms. The van der Waals surface area contributed by atoms with Crippen LogP contribution in [0, 0.1) is 58.7 Å². The topological polar surface area (TPSA) is 121 Å². The van der Waals surface area contributed by atoms with Gasteiger partial charge < -0.3 is 24.5 Å². The van der Waals surface area contributed by atoms with Crippen molar-refractivity contribution in [1.82, 2.24) is 24.9 Å². The molecule has 2 N–H and O–H groups in total. The van der Waals surface area contributed by atoms with Gasteiger partial charge in [-0.3, -0.25) is 4.79 Å². The molecule has 4 aromatic rings. The number of rotatable bonds is 10. The van der Waals surface area contributed by atoms with Crippen molar-refractivity contribution in [3.8, 4) is 23.6 Å². The molecule has 4 aliphatic rings. The Morgan fingerprint density at radius 3 is 2.49 bits per heavy atom. The number of methoxy groups -OCH3 is 1. The second kappa shape index (κ2) is 15.6. The molecule has 0 bridgehead atoms. The molecule has 4 unspecified atom stereocenters. The summed E-state index contributed by atoms with van der Waals surface area (Å²) in [5.74, 6) is 6.61. The maximum Gasteiger partial charge on any atom is 0.407 e. The first-order valence-corrected chi connectivity index (χ1v) is 22.2. The van der Waals surface area contributed by atoms with E-state index in [1.54, 1.807) is 0 Å². The quantitative estimate of drug-likeness (QED) is 0.121. The number of terminal acetylenes is 1. The molecule has 316 valence electrons. The summed E-state index contributed by atoms with van der Waals surface area (Å²) in [5, 5.41) is 26.5. The van der Waals surface area contributed by atoms with E-state index in [1.807, 2.05) is 43.8 Å². The molecule has 2 aromatic carbocycles. The third-order valence-electron chi connectivity index (χ3n) is 15.9. The van der Waals surface area contributed by atoms with Crippen LogP contribution in [0.2, 0.25) is 0 Å². The SMILES string of the molecule is C#Cc1ccc2c3ccc(-c4cn(C[C@]5(O)CCC6(C)C7CCC8(C)C([C@H](C)CCC(=O)OC)CC[C@H]8[C@@H]7CC[C@@H]6C5)nn4)cc3n(CCNC(=O)OC(C)(C)C)c2c1.